The molecule has 0 radical (unpaired) electrons. The number of nitrogens with zero attached hydrogens (tertiary/aromatic N) is 2. The van der Waals surface area contributed by atoms with Crippen LogP contribution in [0.15, 0.2) is 12.1 Å². The highest BCUT2D eigenvalue weighted by Crippen LogP contribution is 2.02. The predicted molar refractivity (Wildman–Crippen MR) is 66.9 cm³/mol. The Hall–Kier alpha value is -2.18. The van der Waals surface area contributed by atoms with E-state index in [1.165, 1.54) is 13.0 Å². The minimum atomic E-state index is -0.739. The van der Waals surface area contributed by atoms with E-state index in [0.29, 0.717) is 5.82 Å². The molecule has 18 heavy (non-hydrogen) atoms. The second kappa shape index (κ2) is 6.53. The van der Waals surface area contributed by atoms with Crippen molar-refractivity contribution in [3.05, 3.63) is 17.8 Å². The molecular weight excluding hydrogens is 234 g/mol. The van der Waals surface area contributed by atoms with Crippen molar-refractivity contribution in [3.63, 3.8) is 0 Å². The number of anilines is 1. The Morgan fingerprint density at radius 3 is 2.61 bits per heavy atom. The van der Waals surface area contributed by atoms with Gasteiger partial charge in [0.15, 0.2) is 5.69 Å². The van der Waals surface area contributed by atoms with E-state index < -0.39 is 17.9 Å². The van der Waals surface area contributed by atoms with Crippen LogP contribution in [0.5, 0.6) is 0 Å². The first kappa shape index (κ1) is 13.9. The van der Waals surface area contributed by atoms with Gasteiger partial charge in [0.2, 0.25) is 5.91 Å². The van der Waals surface area contributed by atoms with E-state index in [2.05, 4.69) is 20.8 Å². The molecule has 0 spiro atoms. The van der Waals surface area contributed by atoms with E-state index in [9.17, 15) is 9.59 Å². The maximum absolute atomic E-state index is 11.6. The van der Waals surface area contributed by atoms with Gasteiger partial charge in [0.05, 0.1) is 0 Å². The molecule has 1 atom stereocenters. The SMILES string of the molecule is CCCNc1ccc(C(=O)NC(C)C(N)=O)nn1. The lowest BCUT2D eigenvalue weighted by molar-refractivity contribution is -0.119. The van der Waals surface area contributed by atoms with Crippen LogP contribution in [-0.2, 0) is 4.79 Å². The molecule has 2 amide bonds. The van der Waals surface area contributed by atoms with E-state index in [1.807, 2.05) is 6.92 Å². The van der Waals surface area contributed by atoms with Crippen LogP contribution in [0.1, 0.15) is 30.8 Å². The van der Waals surface area contributed by atoms with Crippen molar-refractivity contribution in [2.45, 2.75) is 26.3 Å². The van der Waals surface area contributed by atoms with Crippen molar-refractivity contribution in [2.75, 3.05) is 11.9 Å². The first-order valence-corrected chi connectivity index (χ1v) is 5.72. The molecule has 0 aromatic carbocycles. The average molecular weight is 251 g/mol. The van der Waals surface area contributed by atoms with Crippen LogP contribution in [0, 0.1) is 0 Å². The van der Waals surface area contributed by atoms with E-state index in [4.69, 9.17) is 5.73 Å². The Balaban J connectivity index is 2.61. The van der Waals surface area contributed by atoms with Gasteiger partial charge in [0, 0.05) is 6.54 Å². The number of amides is 2. The summed E-state index contributed by atoms with van der Waals surface area (Å²) in [6.45, 7) is 4.33. The molecule has 7 nitrogen and oxygen atoms in total. The Morgan fingerprint density at radius 1 is 1.39 bits per heavy atom. The largest absolute Gasteiger partial charge is 0.369 e. The molecule has 98 valence electrons. The van der Waals surface area contributed by atoms with Gasteiger partial charge in [-0.15, -0.1) is 10.2 Å². The van der Waals surface area contributed by atoms with Crippen molar-refractivity contribution in [1.29, 1.82) is 0 Å². The third kappa shape index (κ3) is 4.00. The number of carbonyl (C=O) groups is 2. The highest BCUT2D eigenvalue weighted by Gasteiger charge is 2.14. The second-order valence-corrected chi connectivity index (χ2v) is 3.83. The normalized spacial score (nSPS) is 11.7. The minimum Gasteiger partial charge on any atom is -0.369 e. The van der Waals surface area contributed by atoms with Crippen LogP contribution in [0.25, 0.3) is 0 Å². The summed E-state index contributed by atoms with van der Waals surface area (Å²) in [4.78, 5) is 22.4. The third-order valence-electron chi connectivity index (χ3n) is 2.23. The summed E-state index contributed by atoms with van der Waals surface area (Å²) in [5.41, 5.74) is 5.19. The fraction of sp³-hybridized carbons (Fsp3) is 0.455. The Kier molecular flexibility index (Phi) is 5.04. The fourth-order valence-corrected chi connectivity index (χ4v) is 1.14. The Morgan fingerprint density at radius 2 is 2.11 bits per heavy atom. The van der Waals surface area contributed by atoms with Gasteiger partial charge >= 0.3 is 0 Å². The first-order chi connectivity index (χ1) is 8.54. The summed E-state index contributed by atoms with van der Waals surface area (Å²) in [6.07, 6.45) is 0.972. The molecular formula is C11H17N5O2. The van der Waals surface area contributed by atoms with Crippen LogP contribution in [0.2, 0.25) is 0 Å². The van der Waals surface area contributed by atoms with Crippen LogP contribution < -0.4 is 16.4 Å². The summed E-state index contributed by atoms with van der Waals surface area (Å²) in [5.74, 6) is -0.468. The Bertz CT molecular complexity index is 418. The molecule has 1 aromatic heterocycles. The predicted octanol–water partition coefficient (Wildman–Crippen LogP) is -0.0979. The molecule has 0 saturated heterocycles. The van der Waals surface area contributed by atoms with Crippen molar-refractivity contribution in [3.8, 4) is 0 Å². The molecule has 1 rings (SSSR count). The lowest BCUT2D eigenvalue weighted by Crippen LogP contribution is -2.42. The van der Waals surface area contributed by atoms with Crippen LogP contribution in [-0.4, -0.2) is 34.6 Å². The van der Waals surface area contributed by atoms with Crippen LogP contribution in [0.3, 0.4) is 0 Å². The van der Waals surface area contributed by atoms with Crippen molar-refractivity contribution >= 4 is 17.6 Å². The summed E-state index contributed by atoms with van der Waals surface area (Å²) in [6, 6.07) is 2.46. The van der Waals surface area contributed by atoms with Gasteiger partial charge in [-0.05, 0) is 25.5 Å². The molecule has 0 saturated carbocycles. The number of hydrogen-bond donors (Lipinski definition) is 3. The van der Waals surface area contributed by atoms with Crippen molar-refractivity contribution < 1.29 is 9.59 Å². The van der Waals surface area contributed by atoms with E-state index in [0.717, 1.165) is 13.0 Å². The molecule has 0 bridgehead atoms. The number of nitrogens with two attached hydrogens (primary N) is 1. The van der Waals surface area contributed by atoms with Gasteiger partial charge in [-0.2, -0.15) is 0 Å². The summed E-state index contributed by atoms with van der Waals surface area (Å²) in [7, 11) is 0. The molecule has 7 heteroatoms. The molecule has 1 aromatic rings. The number of carbonyl (C=O) groups excluding carboxylic acids is 2. The zero-order valence-electron chi connectivity index (χ0n) is 10.4. The van der Waals surface area contributed by atoms with E-state index in [-0.39, 0.29) is 5.69 Å². The topological polar surface area (TPSA) is 110 Å². The third-order valence-corrected chi connectivity index (χ3v) is 2.23. The molecule has 4 N–H and O–H groups in total. The first-order valence-electron chi connectivity index (χ1n) is 5.72. The zero-order valence-corrected chi connectivity index (χ0v) is 10.4. The highest BCUT2D eigenvalue weighted by molar-refractivity contribution is 5.95. The van der Waals surface area contributed by atoms with Gasteiger partial charge in [0.1, 0.15) is 11.9 Å². The van der Waals surface area contributed by atoms with Crippen LogP contribution in [0.4, 0.5) is 5.82 Å². The monoisotopic (exact) mass is 251 g/mol. The Labute approximate surface area is 105 Å². The highest BCUT2D eigenvalue weighted by atomic mass is 16.2. The maximum atomic E-state index is 11.6. The lowest BCUT2D eigenvalue weighted by Gasteiger charge is -2.09. The summed E-state index contributed by atoms with van der Waals surface area (Å²) < 4.78 is 0. The van der Waals surface area contributed by atoms with Gasteiger partial charge < -0.3 is 16.4 Å². The summed E-state index contributed by atoms with van der Waals surface area (Å²) >= 11 is 0. The zero-order chi connectivity index (χ0) is 13.5. The van der Waals surface area contributed by atoms with Gasteiger partial charge in [-0.3, -0.25) is 9.59 Å². The van der Waals surface area contributed by atoms with Gasteiger partial charge in [-0.1, -0.05) is 6.92 Å². The molecule has 0 aliphatic rings. The number of rotatable bonds is 6. The van der Waals surface area contributed by atoms with E-state index >= 15 is 0 Å². The lowest BCUT2D eigenvalue weighted by atomic mass is 10.3. The van der Waals surface area contributed by atoms with Gasteiger partial charge in [0.25, 0.3) is 5.91 Å². The summed E-state index contributed by atoms with van der Waals surface area (Å²) in [5, 5.41) is 13.1. The standard InChI is InChI=1S/C11H17N5O2/c1-3-6-13-9-5-4-8(15-16-9)11(18)14-7(2)10(12)17/h4-5,7H,3,6H2,1-2H3,(H2,12,17)(H,13,16)(H,14,18). The number of nitrogens with one attached hydrogen (secondary N) is 2. The fourth-order valence-electron chi connectivity index (χ4n) is 1.14. The molecule has 0 aliphatic carbocycles. The van der Waals surface area contributed by atoms with Gasteiger partial charge in [-0.25, -0.2) is 0 Å². The number of hydrogen-bond acceptors (Lipinski definition) is 5. The molecule has 1 unspecified atom stereocenters. The molecule has 0 aliphatic heterocycles. The van der Waals surface area contributed by atoms with Crippen LogP contribution >= 0.6 is 0 Å². The minimum absolute atomic E-state index is 0.144. The number of primary amides is 1. The smallest absolute Gasteiger partial charge is 0.272 e. The maximum Gasteiger partial charge on any atom is 0.272 e. The van der Waals surface area contributed by atoms with E-state index in [1.54, 1.807) is 6.07 Å². The average Bonchev–Trinajstić information content (AvgIpc) is 2.36. The van der Waals surface area contributed by atoms with Crippen molar-refractivity contribution in [1.82, 2.24) is 15.5 Å². The number of aromatic nitrogens is 2. The quantitative estimate of drug-likeness (QED) is 0.654. The van der Waals surface area contributed by atoms with Crippen molar-refractivity contribution in [2.24, 2.45) is 5.73 Å². The molecule has 0 fully saturated rings. The molecule has 1 heterocycles. The second-order valence-electron chi connectivity index (χ2n) is 3.83.